The minimum absolute atomic E-state index is 0.0303. The first-order valence-electron chi connectivity index (χ1n) is 9.08. The van der Waals surface area contributed by atoms with E-state index in [-0.39, 0.29) is 11.8 Å². The summed E-state index contributed by atoms with van der Waals surface area (Å²) in [6.07, 6.45) is 13.6. The van der Waals surface area contributed by atoms with Gasteiger partial charge in [0, 0.05) is 12.8 Å². The van der Waals surface area contributed by atoms with E-state index in [2.05, 4.69) is 6.92 Å². The highest BCUT2D eigenvalue weighted by Crippen LogP contribution is 2.62. The molecule has 0 unspecified atom stereocenters. The zero-order valence-electron chi connectivity index (χ0n) is 14.1. The Balaban J connectivity index is 1.75. The highest BCUT2D eigenvalue weighted by molar-refractivity contribution is 6.01. The molecule has 0 N–H and O–H groups in total. The minimum Gasteiger partial charge on any atom is -0.450 e. The highest BCUT2D eigenvalue weighted by Gasteiger charge is 2.58. The number of hydrogen-bond donors (Lipinski definition) is 0. The van der Waals surface area contributed by atoms with Gasteiger partial charge in [-0.05, 0) is 79.6 Å². The zero-order valence-corrected chi connectivity index (χ0v) is 14.1. The van der Waals surface area contributed by atoms with Gasteiger partial charge < -0.3 is 4.74 Å². The van der Waals surface area contributed by atoms with Crippen molar-refractivity contribution in [2.45, 2.75) is 64.4 Å². The van der Waals surface area contributed by atoms with E-state index < -0.39 is 5.60 Å². The standard InChI is InChI=1S/C20H26O3/c1-13(21)23-20-11-7-15(22)12-14(20)5-6-16-17-4-3-9-19(17,2)10-8-18(16)20/h7,11-12,16-18H,3-6,8-10H2,1-2H3/t16-,17+,18-,19-,20-/m1/s1. The second-order valence-electron chi connectivity index (χ2n) is 8.29. The average molecular weight is 314 g/mol. The van der Waals surface area contributed by atoms with E-state index in [0.29, 0.717) is 17.3 Å². The highest BCUT2D eigenvalue weighted by atomic mass is 16.6. The van der Waals surface area contributed by atoms with Crippen LogP contribution in [0.15, 0.2) is 23.8 Å². The normalized spacial score (nSPS) is 44.9. The molecule has 3 nitrogen and oxygen atoms in total. The Morgan fingerprint density at radius 2 is 2.04 bits per heavy atom. The van der Waals surface area contributed by atoms with Crippen LogP contribution in [0.4, 0.5) is 0 Å². The fourth-order valence-electron chi connectivity index (χ4n) is 6.23. The van der Waals surface area contributed by atoms with Gasteiger partial charge >= 0.3 is 5.97 Å². The van der Waals surface area contributed by atoms with Gasteiger partial charge in [-0.15, -0.1) is 0 Å². The number of ether oxygens (including phenoxy) is 1. The molecule has 4 aliphatic carbocycles. The number of ketones is 1. The minimum atomic E-state index is -0.646. The van der Waals surface area contributed by atoms with Crippen LogP contribution in [0, 0.1) is 23.2 Å². The Morgan fingerprint density at radius 3 is 2.83 bits per heavy atom. The molecule has 4 rings (SSSR count). The molecule has 0 aromatic rings. The number of esters is 1. The van der Waals surface area contributed by atoms with Crippen LogP contribution >= 0.6 is 0 Å². The topological polar surface area (TPSA) is 43.4 Å². The van der Waals surface area contributed by atoms with E-state index in [9.17, 15) is 9.59 Å². The van der Waals surface area contributed by atoms with Crippen molar-refractivity contribution in [3.05, 3.63) is 23.8 Å². The van der Waals surface area contributed by atoms with E-state index in [1.54, 1.807) is 12.2 Å². The number of carbonyl (C=O) groups excluding carboxylic acids is 2. The maximum absolute atomic E-state index is 11.8. The fourth-order valence-corrected chi connectivity index (χ4v) is 6.23. The second-order valence-corrected chi connectivity index (χ2v) is 8.29. The summed E-state index contributed by atoms with van der Waals surface area (Å²) in [5.74, 6) is 1.50. The molecule has 0 aromatic carbocycles. The van der Waals surface area contributed by atoms with Gasteiger partial charge in [-0.2, -0.15) is 0 Å². The summed E-state index contributed by atoms with van der Waals surface area (Å²) >= 11 is 0. The van der Waals surface area contributed by atoms with Gasteiger partial charge in [-0.25, -0.2) is 0 Å². The first kappa shape index (κ1) is 15.2. The molecule has 3 saturated carbocycles. The molecule has 124 valence electrons. The third-order valence-electron chi connectivity index (χ3n) is 7.14. The SMILES string of the molecule is CC(=O)O[C@]12C=CC(=O)C=C1CC[C@H]1[C@H]2CC[C@@]2(C)CCC[C@@H]12. The molecule has 0 bridgehead atoms. The smallest absolute Gasteiger partial charge is 0.303 e. The molecule has 0 saturated heterocycles. The van der Waals surface area contributed by atoms with Crippen LogP contribution in [0.5, 0.6) is 0 Å². The summed E-state index contributed by atoms with van der Waals surface area (Å²) in [6, 6.07) is 0. The summed E-state index contributed by atoms with van der Waals surface area (Å²) in [6.45, 7) is 3.95. The van der Waals surface area contributed by atoms with Crippen molar-refractivity contribution in [3.8, 4) is 0 Å². The lowest BCUT2D eigenvalue weighted by Gasteiger charge is -2.56. The number of hydrogen-bond acceptors (Lipinski definition) is 3. The lowest BCUT2D eigenvalue weighted by Crippen LogP contribution is -2.55. The number of carbonyl (C=O) groups is 2. The van der Waals surface area contributed by atoms with E-state index in [4.69, 9.17) is 4.74 Å². The Morgan fingerprint density at radius 1 is 1.22 bits per heavy atom. The predicted octanol–water partition coefficient (Wildman–Crippen LogP) is 3.98. The van der Waals surface area contributed by atoms with Crippen molar-refractivity contribution in [1.82, 2.24) is 0 Å². The Hall–Kier alpha value is -1.38. The summed E-state index contributed by atoms with van der Waals surface area (Å²) in [4.78, 5) is 23.7. The van der Waals surface area contributed by atoms with Gasteiger partial charge in [0.15, 0.2) is 11.4 Å². The molecule has 0 aliphatic heterocycles. The second kappa shape index (κ2) is 5.06. The van der Waals surface area contributed by atoms with Crippen LogP contribution in [0.2, 0.25) is 0 Å². The third-order valence-corrected chi connectivity index (χ3v) is 7.14. The molecule has 4 aliphatic rings. The van der Waals surface area contributed by atoms with Gasteiger partial charge in [0.05, 0.1) is 0 Å². The lowest BCUT2D eigenvalue weighted by atomic mass is 9.51. The molecule has 5 atom stereocenters. The van der Waals surface area contributed by atoms with Gasteiger partial charge in [0.1, 0.15) is 0 Å². The van der Waals surface area contributed by atoms with Gasteiger partial charge in [-0.3, -0.25) is 9.59 Å². The lowest BCUT2D eigenvalue weighted by molar-refractivity contribution is -0.163. The van der Waals surface area contributed by atoms with Crippen molar-refractivity contribution >= 4 is 11.8 Å². The first-order chi connectivity index (χ1) is 10.9. The fraction of sp³-hybridized carbons (Fsp3) is 0.700. The Kier molecular flexibility index (Phi) is 3.33. The van der Waals surface area contributed by atoms with Crippen molar-refractivity contribution in [2.75, 3.05) is 0 Å². The molecule has 3 fully saturated rings. The van der Waals surface area contributed by atoms with E-state index >= 15 is 0 Å². The third kappa shape index (κ3) is 2.15. The monoisotopic (exact) mass is 314 g/mol. The molecule has 3 heteroatoms. The van der Waals surface area contributed by atoms with Crippen molar-refractivity contribution in [2.24, 2.45) is 23.2 Å². The van der Waals surface area contributed by atoms with E-state index in [1.807, 2.05) is 6.08 Å². The zero-order chi connectivity index (χ0) is 16.2. The summed E-state index contributed by atoms with van der Waals surface area (Å²) in [5.41, 5.74) is 0.865. The summed E-state index contributed by atoms with van der Waals surface area (Å²) in [7, 11) is 0. The quantitative estimate of drug-likeness (QED) is 0.688. The molecule has 0 radical (unpaired) electrons. The number of fused-ring (bicyclic) bond motifs is 5. The molecule has 0 amide bonds. The molecule has 0 aromatic heterocycles. The molecule has 0 heterocycles. The van der Waals surface area contributed by atoms with Crippen LogP contribution < -0.4 is 0 Å². The van der Waals surface area contributed by atoms with Crippen LogP contribution in [0.1, 0.15) is 58.8 Å². The van der Waals surface area contributed by atoms with E-state index in [1.165, 1.54) is 32.6 Å². The Labute approximate surface area is 138 Å². The largest absolute Gasteiger partial charge is 0.450 e. The van der Waals surface area contributed by atoms with Crippen molar-refractivity contribution in [1.29, 1.82) is 0 Å². The molecule has 0 spiro atoms. The van der Waals surface area contributed by atoms with Crippen LogP contribution in [-0.2, 0) is 14.3 Å². The molecular weight excluding hydrogens is 288 g/mol. The van der Waals surface area contributed by atoms with Crippen molar-refractivity contribution in [3.63, 3.8) is 0 Å². The average Bonchev–Trinajstić information content (AvgIpc) is 2.89. The molecular formula is C20H26O3. The maximum Gasteiger partial charge on any atom is 0.303 e. The first-order valence-corrected chi connectivity index (χ1v) is 9.08. The molecule has 23 heavy (non-hydrogen) atoms. The number of allylic oxidation sites excluding steroid dienone is 2. The van der Waals surface area contributed by atoms with Crippen LogP contribution in [-0.4, -0.2) is 17.4 Å². The summed E-state index contributed by atoms with van der Waals surface area (Å²) in [5, 5.41) is 0. The maximum atomic E-state index is 11.8. The van der Waals surface area contributed by atoms with Gasteiger partial charge in [0.25, 0.3) is 0 Å². The Bertz CT molecular complexity index is 616. The van der Waals surface area contributed by atoms with Crippen LogP contribution in [0.25, 0.3) is 0 Å². The van der Waals surface area contributed by atoms with Crippen LogP contribution in [0.3, 0.4) is 0 Å². The summed E-state index contributed by atoms with van der Waals surface area (Å²) < 4.78 is 5.94. The van der Waals surface area contributed by atoms with Gasteiger partial charge in [0.2, 0.25) is 0 Å². The van der Waals surface area contributed by atoms with Crippen molar-refractivity contribution < 1.29 is 14.3 Å². The van der Waals surface area contributed by atoms with E-state index in [0.717, 1.165) is 30.8 Å². The number of rotatable bonds is 1. The predicted molar refractivity (Wildman–Crippen MR) is 87.6 cm³/mol. The van der Waals surface area contributed by atoms with Gasteiger partial charge in [-0.1, -0.05) is 13.3 Å².